The number of ether oxygens (including phenoxy) is 4. The van der Waals surface area contributed by atoms with E-state index in [0.29, 0.717) is 39.6 Å². The molecule has 0 bridgehead atoms. The Hall–Kier alpha value is -0.690. The van der Waals surface area contributed by atoms with Crippen LogP contribution in [0.2, 0.25) is 0 Å². The van der Waals surface area contributed by atoms with E-state index in [1.807, 2.05) is 0 Å². The minimum atomic E-state index is -0.871. The van der Waals surface area contributed by atoms with Crippen molar-refractivity contribution >= 4 is 5.97 Å². The summed E-state index contributed by atoms with van der Waals surface area (Å²) in [6.45, 7) is 5.82. The van der Waals surface area contributed by atoms with E-state index in [2.05, 4.69) is 6.92 Å². The Labute approximate surface area is 126 Å². The molecule has 0 amide bonds. The van der Waals surface area contributed by atoms with Gasteiger partial charge in [-0.25, -0.2) is 4.79 Å². The van der Waals surface area contributed by atoms with E-state index >= 15 is 0 Å². The zero-order valence-corrected chi connectivity index (χ0v) is 12.9. The molecule has 0 aromatic carbocycles. The van der Waals surface area contributed by atoms with Gasteiger partial charge in [0.25, 0.3) is 0 Å². The van der Waals surface area contributed by atoms with Crippen molar-refractivity contribution in [2.75, 3.05) is 46.2 Å². The first-order valence-corrected chi connectivity index (χ1v) is 7.83. The number of carboxylic acid groups (broad SMARTS) is 1. The summed E-state index contributed by atoms with van der Waals surface area (Å²) in [7, 11) is 0. The van der Waals surface area contributed by atoms with E-state index in [1.165, 1.54) is 0 Å². The molecule has 1 aliphatic carbocycles. The number of carboxylic acids is 1. The summed E-state index contributed by atoms with van der Waals surface area (Å²) < 4.78 is 21.3. The van der Waals surface area contributed by atoms with Crippen LogP contribution in [0.5, 0.6) is 0 Å². The molecule has 1 N–H and O–H groups in total. The van der Waals surface area contributed by atoms with Crippen molar-refractivity contribution < 1.29 is 28.8 Å². The number of hydrogen-bond donors (Lipinski definition) is 1. The van der Waals surface area contributed by atoms with Crippen LogP contribution in [0.4, 0.5) is 0 Å². The fourth-order valence-corrected chi connectivity index (χ4v) is 1.83. The van der Waals surface area contributed by atoms with E-state index in [-0.39, 0.29) is 5.92 Å². The molecule has 1 fully saturated rings. The molecule has 1 rings (SSSR count). The number of aliphatic carboxylic acids is 1. The molecule has 1 atom stereocenters. The summed E-state index contributed by atoms with van der Waals surface area (Å²) in [5.41, 5.74) is 0. The van der Waals surface area contributed by atoms with Crippen LogP contribution in [-0.2, 0) is 23.7 Å². The average Bonchev–Trinajstić information content (AvgIpc) is 3.28. The predicted octanol–water partition coefficient (Wildman–Crippen LogP) is 1.72. The highest BCUT2D eigenvalue weighted by Crippen LogP contribution is 2.34. The Kier molecular flexibility index (Phi) is 10.4. The van der Waals surface area contributed by atoms with Crippen molar-refractivity contribution in [2.45, 2.75) is 38.7 Å². The average molecular weight is 304 g/mol. The van der Waals surface area contributed by atoms with Crippen molar-refractivity contribution in [3.05, 3.63) is 0 Å². The molecule has 0 spiro atoms. The molecule has 1 aliphatic rings. The topological polar surface area (TPSA) is 74.2 Å². The molecule has 0 saturated heterocycles. The standard InChI is InChI=1S/C15H28O6/c1-2-3-6-18-7-8-19-9-10-20-11-12-21-14(15(16)17)13-4-5-13/h13-14H,2-12H2,1H3,(H,16,17). The molecular formula is C15H28O6. The second kappa shape index (κ2) is 11.9. The zero-order valence-electron chi connectivity index (χ0n) is 12.9. The summed E-state index contributed by atoms with van der Waals surface area (Å²) >= 11 is 0. The zero-order chi connectivity index (χ0) is 15.3. The van der Waals surface area contributed by atoms with Crippen LogP contribution in [0, 0.1) is 5.92 Å². The van der Waals surface area contributed by atoms with Gasteiger partial charge in [-0.3, -0.25) is 0 Å². The van der Waals surface area contributed by atoms with Crippen molar-refractivity contribution in [3.8, 4) is 0 Å². The second-order valence-corrected chi connectivity index (χ2v) is 5.16. The largest absolute Gasteiger partial charge is 0.479 e. The minimum absolute atomic E-state index is 0.193. The maximum absolute atomic E-state index is 10.9. The maximum atomic E-state index is 10.9. The Morgan fingerprint density at radius 2 is 1.52 bits per heavy atom. The molecule has 1 unspecified atom stereocenters. The lowest BCUT2D eigenvalue weighted by Gasteiger charge is -2.12. The van der Waals surface area contributed by atoms with Gasteiger partial charge >= 0.3 is 5.97 Å². The van der Waals surface area contributed by atoms with E-state index < -0.39 is 12.1 Å². The van der Waals surface area contributed by atoms with Gasteiger partial charge in [-0.2, -0.15) is 0 Å². The smallest absolute Gasteiger partial charge is 0.333 e. The highest BCUT2D eigenvalue weighted by atomic mass is 16.6. The van der Waals surface area contributed by atoms with Gasteiger partial charge in [0.15, 0.2) is 6.10 Å². The molecular weight excluding hydrogens is 276 g/mol. The van der Waals surface area contributed by atoms with Gasteiger partial charge in [0, 0.05) is 6.61 Å². The summed E-state index contributed by atoms with van der Waals surface area (Å²) in [5.74, 6) is -0.678. The summed E-state index contributed by atoms with van der Waals surface area (Å²) in [6, 6.07) is 0. The normalized spacial score (nSPS) is 16.0. The first kappa shape index (κ1) is 18.4. The van der Waals surface area contributed by atoms with Gasteiger partial charge in [0.05, 0.1) is 39.6 Å². The Morgan fingerprint density at radius 1 is 1.00 bits per heavy atom. The monoisotopic (exact) mass is 304 g/mol. The van der Waals surface area contributed by atoms with Crippen LogP contribution in [-0.4, -0.2) is 63.4 Å². The molecule has 1 saturated carbocycles. The van der Waals surface area contributed by atoms with Gasteiger partial charge in [0.2, 0.25) is 0 Å². The van der Waals surface area contributed by atoms with Crippen LogP contribution >= 0.6 is 0 Å². The summed E-state index contributed by atoms with van der Waals surface area (Å²) in [5, 5.41) is 8.96. The van der Waals surface area contributed by atoms with Crippen LogP contribution in [0.25, 0.3) is 0 Å². The van der Waals surface area contributed by atoms with Crippen LogP contribution in [0.15, 0.2) is 0 Å². The van der Waals surface area contributed by atoms with Crippen molar-refractivity contribution in [3.63, 3.8) is 0 Å². The van der Waals surface area contributed by atoms with Gasteiger partial charge < -0.3 is 24.1 Å². The minimum Gasteiger partial charge on any atom is -0.479 e. The lowest BCUT2D eigenvalue weighted by Crippen LogP contribution is -2.27. The molecule has 0 radical (unpaired) electrons. The first-order valence-electron chi connectivity index (χ1n) is 7.83. The van der Waals surface area contributed by atoms with Crippen molar-refractivity contribution in [1.29, 1.82) is 0 Å². The number of hydrogen-bond acceptors (Lipinski definition) is 5. The van der Waals surface area contributed by atoms with Crippen LogP contribution in [0.1, 0.15) is 32.6 Å². The highest BCUT2D eigenvalue weighted by Gasteiger charge is 2.36. The number of rotatable bonds is 15. The lowest BCUT2D eigenvalue weighted by atomic mass is 10.2. The number of carbonyl (C=O) groups is 1. The fraction of sp³-hybridized carbons (Fsp3) is 0.933. The third-order valence-electron chi connectivity index (χ3n) is 3.20. The third-order valence-corrected chi connectivity index (χ3v) is 3.20. The molecule has 21 heavy (non-hydrogen) atoms. The van der Waals surface area contributed by atoms with Crippen LogP contribution < -0.4 is 0 Å². The van der Waals surface area contributed by atoms with E-state index in [0.717, 1.165) is 32.3 Å². The fourth-order valence-electron chi connectivity index (χ4n) is 1.83. The second-order valence-electron chi connectivity index (χ2n) is 5.16. The third kappa shape index (κ3) is 9.79. The Balaban J connectivity index is 1.79. The van der Waals surface area contributed by atoms with Crippen LogP contribution in [0.3, 0.4) is 0 Å². The molecule has 0 aromatic heterocycles. The quantitative estimate of drug-likeness (QED) is 0.464. The Bertz CT molecular complexity index is 267. The molecule has 6 nitrogen and oxygen atoms in total. The van der Waals surface area contributed by atoms with Gasteiger partial charge in [-0.1, -0.05) is 13.3 Å². The highest BCUT2D eigenvalue weighted by molar-refractivity contribution is 5.73. The summed E-state index contributed by atoms with van der Waals surface area (Å²) in [4.78, 5) is 10.9. The molecule has 124 valence electrons. The first-order chi connectivity index (χ1) is 10.3. The molecule has 0 aliphatic heterocycles. The molecule has 0 heterocycles. The van der Waals surface area contributed by atoms with E-state index in [1.54, 1.807) is 0 Å². The molecule has 6 heteroatoms. The maximum Gasteiger partial charge on any atom is 0.333 e. The summed E-state index contributed by atoms with van der Waals surface area (Å²) in [6.07, 6.45) is 3.46. The van der Waals surface area contributed by atoms with Gasteiger partial charge in [-0.05, 0) is 25.2 Å². The SMILES string of the molecule is CCCCOCCOCCOCCOC(C(=O)O)C1CC1. The van der Waals surface area contributed by atoms with Gasteiger partial charge in [0.1, 0.15) is 0 Å². The molecule has 0 aromatic rings. The van der Waals surface area contributed by atoms with Crippen molar-refractivity contribution in [1.82, 2.24) is 0 Å². The number of unbranched alkanes of at least 4 members (excludes halogenated alkanes) is 1. The van der Waals surface area contributed by atoms with E-state index in [4.69, 9.17) is 24.1 Å². The van der Waals surface area contributed by atoms with Crippen molar-refractivity contribution in [2.24, 2.45) is 5.92 Å². The van der Waals surface area contributed by atoms with E-state index in [9.17, 15) is 4.79 Å². The predicted molar refractivity (Wildman–Crippen MR) is 77.5 cm³/mol. The lowest BCUT2D eigenvalue weighted by molar-refractivity contribution is -0.153. The van der Waals surface area contributed by atoms with Gasteiger partial charge in [-0.15, -0.1) is 0 Å². The Morgan fingerprint density at radius 3 is 2.00 bits per heavy atom.